The lowest BCUT2D eigenvalue weighted by atomic mass is 10.2. The summed E-state index contributed by atoms with van der Waals surface area (Å²) < 4.78 is 12.9. The summed E-state index contributed by atoms with van der Waals surface area (Å²) in [6.07, 6.45) is 1.91. The largest absolute Gasteiger partial charge is 0.506 e. The Morgan fingerprint density at radius 1 is 1.62 bits per heavy atom. The Morgan fingerprint density at radius 3 is 2.94 bits per heavy atom. The van der Waals surface area contributed by atoms with E-state index in [1.54, 1.807) is 18.7 Å². The number of halogens is 1. The zero-order valence-corrected chi connectivity index (χ0v) is 9.97. The fourth-order valence-electron chi connectivity index (χ4n) is 1.19. The minimum absolute atomic E-state index is 0.109. The maximum atomic E-state index is 12.9. The van der Waals surface area contributed by atoms with Crippen molar-refractivity contribution in [1.29, 1.82) is 0 Å². The third-order valence-electron chi connectivity index (χ3n) is 2.08. The molecule has 1 atom stereocenters. The first-order chi connectivity index (χ1) is 7.54. The highest BCUT2D eigenvalue weighted by atomic mass is 32.2. The van der Waals surface area contributed by atoms with Crippen LogP contribution >= 0.6 is 11.8 Å². The highest BCUT2D eigenvalue weighted by Crippen LogP contribution is 2.24. The first-order valence-corrected chi connectivity index (χ1v) is 6.22. The molecule has 0 radical (unpaired) electrons. The van der Waals surface area contributed by atoms with Crippen molar-refractivity contribution >= 4 is 23.4 Å². The molecule has 0 saturated heterocycles. The molecule has 5 heteroatoms. The number of carbonyl (C=O) groups excluding carboxylic acids is 1. The van der Waals surface area contributed by atoms with Crippen LogP contribution in [-0.2, 0) is 4.79 Å². The van der Waals surface area contributed by atoms with Crippen molar-refractivity contribution in [3.63, 3.8) is 0 Å². The van der Waals surface area contributed by atoms with Crippen LogP contribution in [0.1, 0.15) is 6.92 Å². The van der Waals surface area contributed by atoms with Gasteiger partial charge < -0.3 is 10.4 Å². The van der Waals surface area contributed by atoms with E-state index in [4.69, 9.17) is 0 Å². The molecule has 0 aliphatic rings. The Kier molecular flexibility index (Phi) is 4.61. The van der Waals surface area contributed by atoms with Gasteiger partial charge in [-0.05, 0) is 18.4 Å². The van der Waals surface area contributed by atoms with E-state index in [2.05, 4.69) is 5.32 Å². The van der Waals surface area contributed by atoms with Crippen LogP contribution in [0.5, 0.6) is 5.75 Å². The zero-order valence-electron chi connectivity index (χ0n) is 9.16. The summed E-state index contributed by atoms with van der Waals surface area (Å²) >= 11 is 1.56. The molecule has 0 aliphatic carbocycles. The smallest absolute Gasteiger partial charge is 0.228 e. The molecule has 0 saturated carbocycles. The normalized spacial score (nSPS) is 12.2. The molecule has 0 aromatic heterocycles. The van der Waals surface area contributed by atoms with E-state index in [0.717, 1.165) is 12.1 Å². The third-order valence-corrected chi connectivity index (χ3v) is 2.91. The average Bonchev–Trinajstić information content (AvgIpc) is 2.23. The average molecular weight is 243 g/mol. The summed E-state index contributed by atoms with van der Waals surface area (Å²) in [7, 11) is 0. The number of rotatable bonds is 4. The van der Waals surface area contributed by atoms with Crippen LogP contribution in [0.25, 0.3) is 0 Å². The summed E-state index contributed by atoms with van der Waals surface area (Å²) in [5.74, 6) is -0.355. The number of phenolic OH excluding ortho intramolecular Hbond substituents is 1. The molecule has 0 heterocycles. The van der Waals surface area contributed by atoms with Crippen LogP contribution in [0.4, 0.5) is 10.1 Å². The number of thioether (sulfide) groups is 1. The number of hydrogen-bond acceptors (Lipinski definition) is 3. The van der Waals surface area contributed by atoms with Gasteiger partial charge in [0.15, 0.2) is 0 Å². The molecule has 1 amide bonds. The number of aromatic hydroxyl groups is 1. The lowest BCUT2D eigenvalue weighted by molar-refractivity contribution is -0.118. The van der Waals surface area contributed by atoms with Gasteiger partial charge in [-0.1, -0.05) is 6.92 Å². The molecular formula is C11H14FNO2S. The second-order valence-corrected chi connectivity index (χ2v) is 4.42. The van der Waals surface area contributed by atoms with Gasteiger partial charge in [0.1, 0.15) is 11.6 Å². The lowest BCUT2D eigenvalue weighted by Gasteiger charge is -2.11. The molecule has 0 spiro atoms. The molecule has 0 unspecified atom stereocenters. The predicted octanol–water partition coefficient (Wildman–Crippen LogP) is 2.47. The molecule has 0 bridgehead atoms. The molecule has 2 N–H and O–H groups in total. The number of carbonyl (C=O) groups is 1. The number of amides is 1. The van der Waals surface area contributed by atoms with Crippen molar-refractivity contribution in [3.8, 4) is 5.75 Å². The van der Waals surface area contributed by atoms with Crippen LogP contribution in [0.2, 0.25) is 0 Å². The summed E-state index contributed by atoms with van der Waals surface area (Å²) in [5, 5.41) is 11.9. The van der Waals surface area contributed by atoms with Crippen LogP contribution in [0.3, 0.4) is 0 Å². The zero-order chi connectivity index (χ0) is 12.1. The number of anilines is 1. The van der Waals surface area contributed by atoms with Crippen molar-refractivity contribution in [3.05, 3.63) is 24.0 Å². The van der Waals surface area contributed by atoms with E-state index < -0.39 is 5.82 Å². The maximum Gasteiger partial charge on any atom is 0.228 e. The fraction of sp³-hybridized carbons (Fsp3) is 0.364. The van der Waals surface area contributed by atoms with Gasteiger partial charge >= 0.3 is 0 Å². The number of hydrogen-bond donors (Lipinski definition) is 2. The van der Waals surface area contributed by atoms with Crippen LogP contribution in [0.15, 0.2) is 18.2 Å². The highest BCUT2D eigenvalue weighted by molar-refractivity contribution is 7.98. The molecule has 3 nitrogen and oxygen atoms in total. The van der Waals surface area contributed by atoms with Crippen LogP contribution < -0.4 is 5.32 Å². The summed E-state index contributed by atoms with van der Waals surface area (Å²) in [4.78, 5) is 11.6. The molecule has 88 valence electrons. The Hall–Kier alpha value is -1.23. The van der Waals surface area contributed by atoms with Gasteiger partial charge in [-0.15, -0.1) is 0 Å². The quantitative estimate of drug-likeness (QED) is 0.799. The van der Waals surface area contributed by atoms with E-state index >= 15 is 0 Å². The fourth-order valence-corrected chi connectivity index (χ4v) is 1.84. The van der Waals surface area contributed by atoms with Gasteiger partial charge in [0.2, 0.25) is 5.91 Å². The standard InChI is InChI=1S/C11H14FNO2S/c1-7(6-16-2)11(15)13-9-5-8(12)3-4-10(9)14/h3-5,7,14H,6H2,1-2H3,(H,13,15)/t7-/m0/s1. The van der Waals surface area contributed by atoms with Gasteiger partial charge in [-0.25, -0.2) is 4.39 Å². The summed E-state index contributed by atoms with van der Waals surface area (Å²) in [6.45, 7) is 1.78. The molecule has 1 aromatic carbocycles. The Bertz CT molecular complexity index is 384. The Morgan fingerprint density at radius 2 is 2.31 bits per heavy atom. The van der Waals surface area contributed by atoms with Gasteiger partial charge in [0.25, 0.3) is 0 Å². The second-order valence-electron chi connectivity index (χ2n) is 3.51. The molecule has 16 heavy (non-hydrogen) atoms. The highest BCUT2D eigenvalue weighted by Gasteiger charge is 2.14. The minimum atomic E-state index is -0.495. The molecule has 0 fully saturated rings. The number of nitrogens with one attached hydrogen (secondary N) is 1. The van der Waals surface area contributed by atoms with E-state index in [0.29, 0.717) is 5.75 Å². The third kappa shape index (κ3) is 3.41. The van der Waals surface area contributed by atoms with E-state index in [1.807, 2.05) is 6.26 Å². The molecular weight excluding hydrogens is 229 g/mol. The van der Waals surface area contributed by atoms with E-state index in [9.17, 15) is 14.3 Å². The summed E-state index contributed by atoms with van der Waals surface area (Å²) in [5.41, 5.74) is 0.109. The van der Waals surface area contributed by atoms with Crippen molar-refractivity contribution in [2.45, 2.75) is 6.92 Å². The van der Waals surface area contributed by atoms with E-state index in [-0.39, 0.29) is 23.3 Å². The van der Waals surface area contributed by atoms with E-state index in [1.165, 1.54) is 6.07 Å². The van der Waals surface area contributed by atoms with Crippen molar-refractivity contribution in [1.82, 2.24) is 0 Å². The topological polar surface area (TPSA) is 49.3 Å². The van der Waals surface area contributed by atoms with Crippen molar-refractivity contribution in [2.24, 2.45) is 5.92 Å². The SMILES string of the molecule is CSC[C@H](C)C(=O)Nc1cc(F)ccc1O. The number of phenols is 1. The lowest BCUT2D eigenvalue weighted by Crippen LogP contribution is -2.22. The Balaban J connectivity index is 2.72. The van der Waals surface area contributed by atoms with Crippen molar-refractivity contribution < 1.29 is 14.3 Å². The predicted molar refractivity (Wildman–Crippen MR) is 64.2 cm³/mol. The summed E-state index contributed by atoms with van der Waals surface area (Å²) in [6, 6.07) is 3.44. The van der Waals surface area contributed by atoms with Crippen LogP contribution in [0, 0.1) is 11.7 Å². The minimum Gasteiger partial charge on any atom is -0.506 e. The number of benzene rings is 1. The van der Waals surface area contributed by atoms with Gasteiger partial charge in [-0.2, -0.15) is 11.8 Å². The van der Waals surface area contributed by atoms with Crippen molar-refractivity contribution in [2.75, 3.05) is 17.3 Å². The van der Waals surface area contributed by atoms with Crippen LogP contribution in [-0.4, -0.2) is 23.0 Å². The Labute approximate surface area is 98.1 Å². The molecule has 1 aromatic rings. The first kappa shape index (κ1) is 12.8. The molecule has 1 rings (SSSR count). The monoisotopic (exact) mass is 243 g/mol. The van der Waals surface area contributed by atoms with Gasteiger partial charge in [0, 0.05) is 17.7 Å². The van der Waals surface area contributed by atoms with Gasteiger partial charge in [-0.3, -0.25) is 4.79 Å². The first-order valence-electron chi connectivity index (χ1n) is 4.83. The van der Waals surface area contributed by atoms with Gasteiger partial charge in [0.05, 0.1) is 5.69 Å². The second kappa shape index (κ2) is 5.75. The molecule has 0 aliphatic heterocycles. The maximum absolute atomic E-state index is 12.9.